The quantitative estimate of drug-likeness (QED) is 0.353. The van der Waals surface area contributed by atoms with Crippen LogP contribution in [0.2, 0.25) is 0 Å². The van der Waals surface area contributed by atoms with Crippen LogP contribution in [0.3, 0.4) is 0 Å². The number of carbonyl (C=O) groups excluding carboxylic acids is 1. The van der Waals surface area contributed by atoms with Crippen LogP contribution in [-0.2, 0) is 11.2 Å². The van der Waals surface area contributed by atoms with E-state index in [0.29, 0.717) is 31.5 Å². The van der Waals surface area contributed by atoms with Crippen LogP contribution < -0.4 is 4.74 Å². The highest BCUT2D eigenvalue weighted by molar-refractivity contribution is 7.18. The number of aliphatic hydroxyl groups excluding tert-OH is 1. The number of halogens is 1. The van der Waals surface area contributed by atoms with Gasteiger partial charge >= 0.3 is 0 Å². The molecule has 0 aromatic heterocycles. The van der Waals surface area contributed by atoms with E-state index < -0.39 is 11.0 Å². The topological polar surface area (TPSA) is 49.8 Å². The third-order valence-electron chi connectivity index (χ3n) is 5.53. The predicted molar refractivity (Wildman–Crippen MR) is 113 cm³/mol. The van der Waals surface area contributed by atoms with Crippen molar-refractivity contribution in [1.82, 2.24) is 4.90 Å². The first-order chi connectivity index (χ1) is 13.4. The van der Waals surface area contributed by atoms with Crippen LogP contribution in [0.15, 0.2) is 48.1 Å². The molecule has 2 unspecified atom stereocenters. The van der Waals surface area contributed by atoms with Crippen LogP contribution in [0.4, 0.5) is 4.39 Å². The van der Waals surface area contributed by atoms with Crippen molar-refractivity contribution in [1.29, 1.82) is 0 Å². The average molecular weight is 403 g/mol. The third kappa shape index (κ3) is 4.27. The molecule has 1 fully saturated rings. The van der Waals surface area contributed by atoms with Gasteiger partial charge in [0.2, 0.25) is 0 Å². The number of rotatable bonds is 5. The normalized spacial score (nSPS) is 25.2. The van der Waals surface area contributed by atoms with Crippen molar-refractivity contribution >= 4 is 21.6 Å². The summed E-state index contributed by atoms with van der Waals surface area (Å²) in [4.78, 5) is 12.9. The zero-order valence-corrected chi connectivity index (χ0v) is 17.3. The molecule has 150 valence electrons. The fourth-order valence-electron chi connectivity index (χ4n) is 3.84. The Labute approximate surface area is 168 Å². The zero-order valence-electron chi connectivity index (χ0n) is 16.1. The zero-order chi connectivity index (χ0) is 20.2. The van der Waals surface area contributed by atoms with Crippen molar-refractivity contribution in [3.05, 3.63) is 59.2 Å². The molecule has 2 aliphatic heterocycles. The molecule has 3 rings (SSSR count). The van der Waals surface area contributed by atoms with E-state index in [1.807, 2.05) is 48.3 Å². The van der Waals surface area contributed by atoms with Gasteiger partial charge in [-0.15, -0.1) is 0 Å². The Morgan fingerprint density at radius 1 is 1.39 bits per heavy atom. The lowest BCUT2D eigenvalue weighted by atomic mass is 9.80. The van der Waals surface area contributed by atoms with Crippen molar-refractivity contribution in [2.75, 3.05) is 19.8 Å². The summed E-state index contributed by atoms with van der Waals surface area (Å²) < 4.78 is 21.8. The number of nitrogens with zero attached hydrogens (tertiary/aromatic N) is 1. The molecule has 0 aliphatic carbocycles. The molecule has 2 heterocycles. The number of allylic oxidation sites excluding steroid dienone is 5. The summed E-state index contributed by atoms with van der Waals surface area (Å²) in [6.07, 6.45) is 11.1. The lowest BCUT2D eigenvalue weighted by Gasteiger charge is -2.50. The molecule has 0 saturated carbocycles. The first-order valence-electron chi connectivity index (χ1n) is 9.52. The van der Waals surface area contributed by atoms with Gasteiger partial charge in [0, 0.05) is 37.9 Å². The van der Waals surface area contributed by atoms with Gasteiger partial charge in [-0.05, 0) is 30.2 Å². The molecule has 0 amide bonds. The Kier molecular flexibility index (Phi) is 6.49. The molecular formula is C22H27FNO3P. The van der Waals surface area contributed by atoms with Crippen molar-refractivity contribution < 1.29 is 19.0 Å². The van der Waals surface area contributed by atoms with Crippen molar-refractivity contribution in [3.8, 4) is 5.75 Å². The molecular weight excluding hydrogens is 376 g/mol. The van der Waals surface area contributed by atoms with Crippen molar-refractivity contribution in [2.45, 2.75) is 37.2 Å². The number of carbonyl (C=O) groups is 1. The van der Waals surface area contributed by atoms with Crippen molar-refractivity contribution in [2.24, 2.45) is 0 Å². The molecule has 2 atom stereocenters. The van der Waals surface area contributed by atoms with Crippen LogP contribution >= 0.6 is 9.24 Å². The monoisotopic (exact) mass is 403 g/mol. The van der Waals surface area contributed by atoms with Gasteiger partial charge in [-0.25, -0.2) is 4.39 Å². The minimum Gasteiger partial charge on any atom is -0.483 e. The van der Waals surface area contributed by atoms with Gasteiger partial charge in [0.15, 0.2) is 5.41 Å². The van der Waals surface area contributed by atoms with Crippen LogP contribution in [0.25, 0.3) is 6.08 Å². The summed E-state index contributed by atoms with van der Waals surface area (Å²) in [5.41, 5.74) is 1.48. The number of benzene rings is 1. The maximum atomic E-state index is 15.6. The molecule has 0 bridgehead atoms. The molecule has 1 N–H and O–H groups in total. The van der Waals surface area contributed by atoms with E-state index in [-0.39, 0.29) is 13.2 Å². The summed E-state index contributed by atoms with van der Waals surface area (Å²) in [6.45, 7) is 3.08. The predicted octanol–water partition coefficient (Wildman–Crippen LogP) is 3.66. The fourth-order valence-corrected chi connectivity index (χ4v) is 4.41. The molecule has 4 nitrogen and oxygen atoms in total. The summed E-state index contributed by atoms with van der Waals surface area (Å²) in [5, 5.41) is 7.74. The minimum atomic E-state index is -1.56. The number of piperidine rings is 1. The van der Waals surface area contributed by atoms with E-state index in [9.17, 15) is 9.90 Å². The van der Waals surface area contributed by atoms with Gasteiger partial charge in [0.05, 0.1) is 6.73 Å². The highest BCUT2D eigenvalue weighted by Crippen LogP contribution is 2.50. The van der Waals surface area contributed by atoms with E-state index in [1.54, 1.807) is 12.2 Å². The molecule has 1 aromatic carbocycles. The Bertz CT molecular complexity index is 808. The molecule has 1 aromatic rings. The lowest BCUT2D eigenvalue weighted by molar-refractivity contribution is -0.104. The van der Waals surface area contributed by atoms with Crippen molar-refractivity contribution in [3.63, 3.8) is 0 Å². The molecule has 6 heteroatoms. The van der Waals surface area contributed by atoms with Crippen LogP contribution in [-0.4, -0.2) is 47.1 Å². The van der Waals surface area contributed by atoms with Gasteiger partial charge in [-0.2, -0.15) is 0 Å². The van der Waals surface area contributed by atoms with Gasteiger partial charge in [0.25, 0.3) is 0 Å². The Hall–Kier alpha value is -1.81. The summed E-state index contributed by atoms with van der Waals surface area (Å²) in [6, 6.07) is 5.76. The molecule has 1 spiro atoms. The maximum Gasteiger partial charge on any atom is 0.167 e. The first kappa shape index (κ1) is 20.9. The molecule has 2 aliphatic rings. The molecule has 28 heavy (non-hydrogen) atoms. The van der Waals surface area contributed by atoms with E-state index in [2.05, 4.69) is 9.24 Å². The largest absolute Gasteiger partial charge is 0.483 e. The average Bonchev–Trinajstić information content (AvgIpc) is 2.68. The van der Waals surface area contributed by atoms with Gasteiger partial charge in [0.1, 0.15) is 17.6 Å². The second-order valence-electron chi connectivity index (χ2n) is 7.41. The van der Waals surface area contributed by atoms with Gasteiger partial charge < -0.3 is 9.84 Å². The SMILES string of the molecule is C\C=C/C(C=O)=C\C=C\c1ccc2c(c1)CC(F)(P)C1(CCN(CO)CC1)O2. The number of ether oxygens (including phenoxy) is 1. The van der Waals surface area contributed by atoms with Gasteiger partial charge in [-0.1, -0.05) is 45.7 Å². The Balaban J connectivity index is 1.80. The van der Waals surface area contributed by atoms with Crippen LogP contribution in [0.5, 0.6) is 5.75 Å². The lowest BCUT2D eigenvalue weighted by Crippen LogP contribution is -2.60. The smallest absolute Gasteiger partial charge is 0.167 e. The highest BCUT2D eigenvalue weighted by Gasteiger charge is 2.55. The number of aldehydes is 1. The second kappa shape index (κ2) is 8.69. The number of hydrogen-bond donors (Lipinski definition) is 1. The fraction of sp³-hybridized carbons (Fsp3) is 0.409. The summed E-state index contributed by atoms with van der Waals surface area (Å²) >= 11 is 0. The van der Waals surface area contributed by atoms with Gasteiger partial charge in [-0.3, -0.25) is 9.69 Å². The Morgan fingerprint density at radius 2 is 2.14 bits per heavy atom. The number of likely N-dealkylation sites (tertiary alicyclic amines) is 1. The third-order valence-corrected chi connectivity index (χ3v) is 6.26. The molecule has 1 saturated heterocycles. The van der Waals surface area contributed by atoms with E-state index >= 15 is 4.39 Å². The minimum absolute atomic E-state index is 0.00713. The number of fused-ring (bicyclic) bond motifs is 1. The maximum absolute atomic E-state index is 15.6. The molecule has 0 radical (unpaired) electrons. The summed E-state index contributed by atoms with van der Waals surface area (Å²) in [7, 11) is 2.37. The Morgan fingerprint density at radius 3 is 2.79 bits per heavy atom. The van der Waals surface area contributed by atoms with Crippen LogP contribution in [0.1, 0.15) is 30.9 Å². The van der Waals surface area contributed by atoms with E-state index in [4.69, 9.17) is 4.74 Å². The summed E-state index contributed by atoms with van der Waals surface area (Å²) in [5.74, 6) is 0.725. The number of alkyl halides is 1. The number of hydrogen-bond acceptors (Lipinski definition) is 4. The second-order valence-corrected chi connectivity index (χ2v) is 8.32. The van der Waals surface area contributed by atoms with E-state index in [1.165, 1.54) is 0 Å². The number of aliphatic hydroxyl groups is 1. The van der Waals surface area contributed by atoms with Crippen LogP contribution in [0, 0.1) is 0 Å². The highest BCUT2D eigenvalue weighted by atomic mass is 31.0. The first-order valence-corrected chi connectivity index (χ1v) is 10.1. The standard InChI is InChI=1S/C22H27FNO3P/c1-2-4-18(15-25)6-3-5-17-7-8-20-19(13-17)14-22(23,28)21(27-20)9-11-24(16-26)12-10-21/h2-8,13,15,26H,9-12,14,16,28H2,1H3/b4-2-,5-3+,18-6+. The van der Waals surface area contributed by atoms with E-state index in [0.717, 1.165) is 23.2 Å².